The number of nitrogens with one attached hydrogen (secondary N) is 1. The first-order chi connectivity index (χ1) is 15.1. The van der Waals surface area contributed by atoms with Crippen LogP contribution in [-0.2, 0) is 0 Å². The largest absolute Gasteiger partial charge is 0.493 e. The zero-order valence-electron chi connectivity index (χ0n) is 17.9. The van der Waals surface area contributed by atoms with Crippen LogP contribution in [-0.4, -0.2) is 41.9 Å². The fourth-order valence-electron chi connectivity index (χ4n) is 4.01. The summed E-state index contributed by atoms with van der Waals surface area (Å²) < 4.78 is 16.6. The fraction of sp³-hybridized carbons (Fsp3) is 0.455. The summed E-state index contributed by atoms with van der Waals surface area (Å²) >= 11 is 1.51. The van der Waals surface area contributed by atoms with Crippen LogP contribution in [0.3, 0.4) is 0 Å². The molecule has 3 aromatic rings. The standard InChI is InChI=1S/C22H26N4O4S/c1-13-19(31-12-24-13)22-26-25-21(30-22)15-9-7-14(8-10-15)11-23-20(27)16-5-4-6-17(28-2)18(16)29-3/h4-6,12,14-15H,7-11H2,1-3H3,(H,23,27). The Kier molecular flexibility index (Phi) is 6.50. The van der Waals surface area contributed by atoms with Crippen LogP contribution in [0.15, 0.2) is 28.1 Å². The number of aryl methyl sites for hydroxylation is 1. The van der Waals surface area contributed by atoms with E-state index in [9.17, 15) is 4.79 Å². The maximum atomic E-state index is 12.7. The maximum absolute atomic E-state index is 12.7. The van der Waals surface area contributed by atoms with Crippen molar-refractivity contribution in [3.05, 3.63) is 40.9 Å². The molecule has 164 valence electrons. The Balaban J connectivity index is 1.31. The molecule has 1 aliphatic rings. The van der Waals surface area contributed by atoms with Crippen LogP contribution in [0.5, 0.6) is 11.5 Å². The number of methoxy groups -OCH3 is 2. The highest BCUT2D eigenvalue weighted by atomic mass is 32.1. The lowest BCUT2D eigenvalue weighted by Gasteiger charge is -2.26. The zero-order chi connectivity index (χ0) is 21.8. The summed E-state index contributed by atoms with van der Waals surface area (Å²) in [5.74, 6) is 2.78. The van der Waals surface area contributed by atoms with Crippen molar-refractivity contribution in [2.45, 2.75) is 38.5 Å². The van der Waals surface area contributed by atoms with Crippen LogP contribution < -0.4 is 14.8 Å². The molecular weight excluding hydrogens is 416 g/mol. The molecule has 9 heteroatoms. The molecule has 31 heavy (non-hydrogen) atoms. The van der Waals surface area contributed by atoms with Gasteiger partial charge in [0, 0.05) is 12.5 Å². The number of thiazole rings is 1. The molecule has 0 aliphatic heterocycles. The van der Waals surface area contributed by atoms with E-state index in [1.54, 1.807) is 30.8 Å². The van der Waals surface area contributed by atoms with Gasteiger partial charge >= 0.3 is 0 Å². The number of amides is 1. The van der Waals surface area contributed by atoms with Gasteiger partial charge < -0.3 is 19.2 Å². The minimum atomic E-state index is -0.153. The molecular formula is C22H26N4O4S. The SMILES string of the molecule is COc1cccc(C(=O)NCC2CCC(c3nnc(-c4scnc4C)o3)CC2)c1OC. The summed E-state index contributed by atoms with van der Waals surface area (Å²) in [4.78, 5) is 17.9. The smallest absolute Gasteiger partial charge is 0.259 e. The molecule has 1 fully saturated rings. The van der Waals surface area contributed by atoms with Gasteiger partial charge in [0.25, 0.3) is 11.8 Å². The third-order valence-corrected chi connectivity index (χ3v) is 6.69. The van der Waals surface area contributed by atoms with Crippen LogP contribution in [0, 0.1) is 12.8 Å². The van der Waals surface area contributed by atoms with Gasteiger partial charge in [-0.15, -0.1) is 21.5 Å². The van der Waals surface area contributed by atoms with E-state index in [1.165, 1.54) is 18.4 Å². The minimum absolute atomic E-state index is 0.153. The number of para-hydroxylation sites is 1. The zero-order valence-corrected chi connectivity index (χ0v) is 18.7. The van der Waals surface area contributed by atoms with Crippen LogP contribution in [0.1, 0.15) is 53.5 Å². The molecule has 8 nitrogen and oxygen atoms in total. The molecule has 0 spiro atoms. The Labute approximate surface area is 185 Å². The van der Waals surface area contributed by atoms with E-state index in [-0.39, 0.29) is 11.8 Å². The lowest BCUT2D eigenvalue weighted by molar-refractivity contribution is 0.0938. The lowest BCUT2D eigenvalue weighted by Crippen LogP contribution is -2.31. The van der Waals surface area contributed by atoms with Gasteiger partial charge in [-0.2, -0.15) is 0 Å². The number of rotatable bonds is 7. The monoisotopic (exact) mass is 442 g/mol. The Bertz CT molecular complexity index is 1040. The Morgan fingerprint density at radius 3 is 2.68 bits per heavy atom. The van der Waals surface area contributed by atoms with Crippen LogP contribution in [0.4, 0.5) is 0 Å². The van der Waals surface area contributed by atoms with E-state index in [0.717, 1.165) is 36.3 Å². The van der Waals surface area contributed by atoms with Crippen molar-refractivity contribution in [2.24, 2.45) is 5.92 Å². The van der Waals surface area contributed by atoms with Gasteiger partial charge in [0.1, 0.15) is 4.88 Å². The highest BCUT2D eigenvalue weighted by Gasteiger charge is 2.27. The second kappa shape index (κ2) is 9.47. The number of hydrogen-bond acceptors (Lipinski definition) is 8. The average molecular weight is 443 g/mol. The Hall–Kier alpha value is -2.94. The van der Waals surface area contributed by atoms with Gasteiger partial charge in [-0.25, -0.2) is 4.98 Å². The van der Waals surface area contributed by atoms with Gasteiger partial charge in [-0.1, -0.05) is 6.07 Å². The van der Waals surface area contributed by atoms with Crippen LogP contribution >= 0.6 is 11.3 Å². The fourth-order valence-corrected chi connectivity index (χ4v) is 4.73. The Morgan fingerprint density at radius 2 is 2.00 bits per heavy atom. The van der Waals surface area contributed by atoms with E-state index >= 15 is 0 Å². The first-order valence-corrected chi connectivity index (χ1v) is 11.2. The summed E-state index contributed by atoms with van der Waals surface area (Å²) in [6, 6.07) is 5.30. The second-order valence-corrected chi connectivity index (χ2v) is 8.54. The number of hydrogen-bond donors (Lipinski definition) is 1. The number of benzene rings is 1. The first-order valence-electron chi connectivity index (χ1n) is 10.3. The normalized spacial score (nSPS) is 18.5. The molecule has 1 amide bonds. The molecule has 0 unspecified atom stereocenters. The highest BCUT2D eigenvalue weighted by Crippen LogP contribution is 2.37. The maximum Gasteiger partial charge on any atom is 0.259 e. The van der Waals surface area contributed by atoms with Crippen molar-refractivity contribution < 1.29 is 18.7 Å². The van der Waals surface area contributed by atoms with Crippen molar-refractivity contribution in [1.82, 2.24) is 20.5 Å². The number of carbonyl (C=O) groups excluding carboxylic acids is 1. The molecule has 0 radical (unpaired) electrons. The predicted molar refractivity (Wildman–Crippen MR) is 117 cm³/mol. The Morgan fingerprint density at radius 1 is 1.19 bits per heavy atom. The third kappa shape index (κ3) is 4.56. The molecule has 1 saturated carbocycles. The van der Waals surface area contributed by atoms with Gasteiger partial charge in [-0.3, -0.25) is 4.79 Å². The van der Waals surface area contributed by atoms with Crippen LogP contribution in [0.2, 0.25) is 0 Å². The van der Waals surface area contributed by atoms with E-state index in [2.05, 4.69) is 20.5 Å². The average Bonchev–Trinajstić information content (AvgIpc) is 3.46. The highest BCUT2D eigenvalue weighted by molar-refractivity contribution is 7.13. The molecule has 1 N–H and O–H groups in total. The van der Waals surface area contributed by atoms with Gasteiger partial charge in [0.2, 0.25) is 5.89 Å². The second-order valence-electron chi connectivity index (χ2n) is 7.68. The van der Waals surface area contributed by atoms with Crippen molar-refractivity contribution in [1.29, 1.82) is 0 Å². The lowest BCUT2D eigenvalue weighted by atomic mass is 9.82. The molecule has 0 atom stereocenters. The van der Waals surface area contributed by atoms with Crippen molar-refractivity contribution >= 4 is 17.2 Å². The minimum Gasteiger partial charge on any atom is -0.493 e. The molecule has 1 aromatic carbocycles. The predicted octanol–water partition coefficient (Wildman–Crippen LogP) is 4.22. The molecule has 0 saturated heterocycles. The van der Waals surface area contributed by atoms with E-state index in [0.29, 0.717) is 41.3 Å². The molecule has 2 aromatic heterocycles. The summed E-state index contributed by atoms with van der Waals surface area (Å²) in [6.07, 6.45) is 3.92. The molecule has 2 heterocycles. The summed E-state index contributed by atoms with van der Waals surface area (Å²) in [6.45, 7) is 2.57. The topological polar surface area (TPSA) is 99.4 Å². The quantitative estimate of drug-likeness (QED) is 0.585. The third-order valence-electron chi connectivity index (χ3n) is 5.78. The molecule has 4 rings (SSSR count). The summed E-state index contributed by atoms with van der Waals surface area (Å²) in [7, 11) is 3.10. The summed E-state index contributed by atoms with van der Waals surface area (Å²) in [5.41, 5.74) is 3.18. The first kappa shape index (κ1) is 21.3. The molecule has 1 aliphatic carbocycles. The van der Waals surface area contributed by atoms with Crippen molar-refractivity contribution in [2.75, 3.05) is 20.8 Å². The van der Waals surface area contributed by atoms with Crippen molar-refractivity contribution in [3.8, 4) is 22.3 Å². The number of ether oxygens (including phenoxy) is 2. The van der Waals surface area contributed by atoms with Crippen LogP contribution in [0.25, 0.3) is 10.8 Å². The van der Waals surface area contributed by atoms with Gasteiger partial charge in [0.05, 0.1) is 31.0 Å². The number of nitrogens with zero attached hydrogens (tertiary/aromatic N) is 3. The molecule has 0 bridgehead atoms. The van der Waals surface area contributed by atoms with Gasteiger partial charge in [-0.05, 0) is 50.7 Å². The van der Waals surface area contributed by atoms with Crippen molar-refractivity contribution in [3.63, 3.8) is 0 Å². The number of aromatic nitrogens is 3. The number of carbonyl (C=O) groups is 1. The van der Waals surface area contributed by atoms with E-state index < -0.39 is 0 Å². The van der Waals surface area contributed by atoms with E-state index in [4.69, 9.17) is 13.9 Å². The van der Waals surface area contributed by atoms with E-state index in [1.807, 2.05) is 6.92 Å². The summed E-state index contributed by atoms with van der Waals surface area (Å²) in [5, 5.41) is 11.5. The van der Waals surface area contributed by atoms with Gasteiger partial charge in [0.15, 0.2) is 11.5 Å².